The molecule has 0 unspecified atom stereocenters. The number of fused-ring (bicyclic) bond motifs is 1. The number of pyridine rings is 1. The molecule has 1 fully saturated rings. The van der Waals surface area contributed by atoms with E-state index in [1.165, 1.54) is 7.11 Å². The second-order valence-corrected chi connectivity index (χ2v) is 9.09. The number of carbonyl (C=O) groups is 1. The van der Waals surface area contributed by atoms with Gasteiger partial charge in [-0.2, -0.15) is 0 Å². The highest BCUT2D eigenvalue weighted by molar-refractivity contribution is 7.80. The zero-order valence-electron chi connectivity index (χ0n) is 20.0. The van der Waals surface area contributed by atoms with E-state index in [0.717, 1.165) is 39.8 Å². The molecule has 2 aliphatic heterocycles. The molecule has 182 valence electrons. The van der Waals surface area contributed by atoms with Gasteiger partial charge in [-0.3, -0.25) is 9.78 Å². The maximum Gasteiger partial charge on any atom is 0.305 e. The molecule has 3 aromatic rings. The molecule has 0 amide bonds. The largest absolute Gasteiger partial charge is 0.469 e. The van der Waals surface area contributed by atoms with Crippen LogP contribution in [0.2, 0.25) is 0 Å². The van der Waals surface area contributed by atoms with Gasteiger partial charge in [0, 0.05) is 42.3 Å². The smallest absolute Gasteiger partial charge is 0.305 e. The minimum Gasteiger partial charge on any atom is -0.469 e. The molecule has 2 aromatic heterocycles. The van der Waals surface area contributed by atoms with Crippen molar-refractivity contribution in [1.29, 1.82) is 0 Å². The molecule has 9 heteroatoms. The summed E-state index contributed by atoms with van der Waals surface area (Å²) in [4.78, 5) is 18.5. The van der Waals surface area contributed by atoms with Gasteiger partial charge in [-0.25, -0.2) is 0 Å². The molecule has 1 saturated heterocycles. The minimum absolute atomic E-state index is 0.0796. The van der Waals surface area contributed by atoms with E-state index < -0.39 is 0 Å². The Labute approximate surface area is 209 Å². The summed E-state index contributed by atoms with van der Waals surface area (Å²) in [7, 11) is 1.41. The van der Waals surface area contributed by atoms with Crippen molar-refractivity contribution in [2.45, 2.75) is 38.8 Å². The molecule has 0 saturated carbocycles. The second kappa shape index (κ2) is 9.58. The van der Waals surface area contributed by atoms with E-state index in [1.807, 2.05) is 36.4 Å². The van der Waals surface area contributed by atoms with E-state index in [9.17, 15) is 4.79 Å². The third-order valence-corrected chi connectivity index (χ3v) is 6.96. The highest BCUT2D eigenvalue weighted by Gasteiger charge is 2.41. The van der Waals surface area contributed by atoms with E-state index in [2.05, 4.69) is 39.7 Å². The molecule has 0 spiro atoms. The molecule has 1 N–H and O–H groups in total. The average molecular weight is 493 g/mol. The van der Waals surface area contributed by atoms with Crippen molar-refractivity contribution < 1.29 is 19.0 Å². The first-order chi connectivity index (χ1) is 17.0. The predicted octanol–water partition coefficient (Wildman–Crippen LogP) is 4.14. The first-order valence-electron chi connectivity index (χ1n) is 11.6. The first-order valence-corrected chi connectivity index (χ1v) is 12.0. The summed E-state index contributed by atoms with van der Waals surface area (Å²) in [6.07, 6.45) is 2.78. The quantitative estimate of drug-likeness (QED) is 0.390. The molecule has 35 heavy (non-hydrogen) atoms. The van der Waals surface area contributed by atoms with Gasteiger partial charge in [0.2, 0.25) is 6.79 Å². The summed E-state index contributed by atoms with van der Waals surface area (Å²) in [6, 6.07) is 13.9. The lowest BCUT2D eigenvalue weighted by Gasteiger charge is -2.28. The SMILES string of the molecule is COC(=O)CCCN1C(=S)N[C@@H](c2ccccn2)[C@H]1c1cc(C)n(-c2ccc3c(c2)OCO3)c1C. The van der Waals surface area contributed by atoms with Crippen molar-refractivity contribution in [2.75, 3.05) is 20.4 Å². The number of aryl methyl sites for hydroxylation is 1. The lowest BCUT2D eigenvalue weighted by Crippen LogP contribution is -2.31. The first kappa shape index (κ1) is 23.2. The van der Waals surface area contributed by atoms with E-state index in [-0.39, 0.29) is 24.8 Å². The number of hydrogen-bond donors (Lipinski definition) is 1. The van der Waals surface area contributed by atoms with Crippen molar-refractivity contribution in [1.82, 2.24) is 19.8 Å². The summed E-state index contributed by atoms with van der Waals surface area (Å²) in [6.45, 7) is 5.09. The number of nitrogens with one attached hydrogen (secondary N) is 1. The number of ether oxygens (including phenoxy) is 3. The number of thiocarbonyl (C=S) groups is 1. The summed E-state index contributed by atoms with van der Waals surface area (Å²) < 4.78 is 18.1. The van der Waals surface area contributed by atoms with Gasteiger partial charge in [-0.05, 0) is 68.4 Å². The second-order valence-electron chi connectivity index (χ2n) is 8.70. The summed E-state index contributed by atoms with van der Waals surface area (Å²) >= 11 is 5.77. The molecule has 8 nitrogen and oxygen atoms in total. The number of hydrogen-bond acceptors (Lipinski definition) is 6. The van der Waals surface area contributed by atoms with Gasteiger partial charge in [-0.1, -0.05) is 6.07 Å². The minimum atomic E-state index is -0.220. The van der Waals surface area contributed by atoms with Gasteiger partial charge >= 0.3 is 5.97 Å². The summed E-state index contributed by atoms with van der Waals surface area (Å²) in [5, 5.41) is 4.14. The van der Waals surface area contributed by atoms with Crippen LogP contribution >= 0.6 is 12.2 Å². The standard InChI is InChI=1S/C26H28N4O4S/c1-16-13-19(17(2)30(16)18-9-10-21-22(14-18)34-15-33-21)25-24(20-7-4-5-11-27-20)28-26(35)29(25)12-6-8-23(31)32-3/h4-5,7,9-11,13-14,24-25H,6,8,12,15H2,1-3H3,(H,28,35)/t24-,25+/m0/s1. The van der Waals surface area contributed by atoms with Crippen LogP contribution in [-0.4, -0.2) is 46.0 Å². The fourth-order valence-corrected chi connectivity index (χ4v) is 5.32. The van der Waals surface area contributed by atoms with Gasteiger partial charge in [-0.15, -0.1) is 0 Å². The van der Waals surface area contributed by atoms with E-state index in [0.29, 0.717) is 24.5 Å². The average Bonchev–Trinajstić information content (AvgIpc) is 3.54. The van der Waals surface area contributed by atoms with Crippen LogP contribution in [0.3, 0.4) is 0 Å². The van der Waals surface area contributed by atoms with Gasteiger partial charge in [0.15, 0.2) is 16.6 Å². The molecular weight excluding hydrogens is 464 g/mol. The zero-order chi connectivity index (χ0) is 24.5. The summed E-state index contributed by atoms with van der Waals surface area (Å²) in [5.41, 5.74) is 5.29. The van der Waals surface area contributed by atoms with Gasteiger partial charge in [0.05, 0.1) is 24.9 Å². The zero-order valence-corrected chi connectivity index (χ0v) is 20.8. The van der Waals surface area contributed by atoms with Crippen molar-refractivity contribution in [3.05, 3.63) is 71.3 Å². The van der Waals surface area contributed by atoms with E-state index in [1.54, 1.807) is 6.20 Å². The molecule has 0 aliphatic carbocycles. The maximum atomic E-state index is 11.7. The topological polar surface area (TPSA) is 77.9 Å². The highest BCUT2D eigenvalue weighted by atomic mass is 32.1. The Balaban J connectivity index is 1.53. The van der Waals surface area contributed by atoms with Crippen LogP contribution in [0.15, 0.2) is 48.7 Å². The van der Waals surface area contributed by atoms with Crippen LogP contribution in [0, 0.1) is 13.8 Å². The van der Waals surface area contributed by atoms with Crippen LogP contribution in [-0.2, 0) is 9.53 Å². The van der Waals surface area contributed by atoms with E-state index >= 15 is 0 Å². The molecule has 2 aliphatic rings. The number of rotatable bonds is 7. The van der Waals surface area contributed by atoms with Gasteiger partial charge in [0.25, 0.3) is 0 Å². The Morgan fingerprint density at radius 3 is 2.80 bits per heavy atom. The monoisotopic (exact) mass is 492 g/mol. The van der Waals surface area contributed by atoms with Gasteiger partial charge < -0.3 is 29.0 Å². The summed E-state index contributed by atoms with van der Waals surface area (Å²) in [5.74, 6) is 1.28. The molecule has 0 radical (unpaired) electrons. The lowest BCUT2D eigenvalue weighted by atomic mass is 9.96. The number of benzene rings is 1. The fraction of sp³-hybridized carbons (Fsp3) is 0.346. The molecule has 2 atom stereocenters. The van der Waals surface area contributed by atoms with E-state index in [4.69, 9.17) is 26.4 Å². The Bertz CT molecular complexity index is 1260. The Morgan fingerprint density at radius 2 is 2.03 bits per heavy atom. The Hall–Kier alpha value is -3.59. The molecule has 1 aromatic carbocycles. The predicted molar refractivity (Wildman–Crippen MR) is 135 cm³/mol. The number of aromatic nitrogens is 2. The lowest BCUT2D eigenvalue weighted by molar-refractivity contribution is -0.140. The maximum absolute atomic E-state index is 11.7. The van der Waals surface area contributed by atoms with Crippen LogP contribution < -0.4 is 14.8 Å². The van der Waals surface area contributed by atoms with Crippen LogP contribution in [0.25, 0.3) is 5.69 Å². The number of methoxy groups -OCH3 is 1. The Morgan fingerprint density at radius 1 is 1.20 bits per heavy atom. The third kappa shape index (κ3) is 4.32. The molecule has 4 heterocycles. The van der Waals surface area contributed by atoms with Crippen molar-refractivity contribution in [2.24, 2.45) is 0 Å². The molecule has 0 bridgehead atoms. The van der Waals surface area contributed by atoms with Crippen LogP contribution in [0.1, 0.15) is 47.6 Å². The molecular formula is C26H28N4O4S. The van der Waals surface area contributed by atoms with Crippen molar-refractivity contribution in [3.8, 4) is 17.2 Å². The van der Waals surface area contributed by atoms with Crippen LogP contribution in [0.5, 0.6) is 11.5 Å². The normalized spacial score (nSPS) is 18.6. The number of esters is 1. The fourth-order valence-electron chi connectivity index (χ4n) is 4.99. The third-order valence-electron chi connectivity index (χ3n) is 6.61. The van der Waals surface area contributed by atoms with Crippen molar-refractivity contribution in [3.63, 3.8) is 0 Å². The number of carbonyl (C=O) groups excluding carboxylic acids is 1. The van der Waals surface area contributed by atoms with Gasteiger partial charge in [0.1, 0.15) is 0 Å². The van der Waals surface area contributed by atoms with Crippen molar-refractivity contribution >= 4 is 23.3 Å². The number of nitrogens with zero attached hydrogens (tertiary/aromatic N) is 3. The Kier molecular flexibility index (Phi) is 6.34. The van der Waals surface area contributed by atoms with Crippen LogP contribution in [0.4, 0.5) is 0 Å². The highest BCUT2D eigenvalue weighted by Crippen LogP contribution is 2.42. The molecule has 5 rings (SSSR count).